The van der Waals surface area contributed by atoms with E-state index in [4.69, 9.17) is 14.2 Å². The molecule has 0 aliphatic carbocycles. The summed E-state index contributed by atoms with van der Waals surface area (Å²) >= 11 is 0. The number of carbonyl (C=O) groups excluding carboxylic acids is 1. The number of hydrogen-bond donors (Lipinski definition) is 2. The van der Waals surface area contributed by atoms with Crippen LogP contribution in [0.1, 0.15) is 5.56 Å². The number of amides is 1. The zero-order valence-corrected chi connectivity index (χ0v) is 17.1. The fourth-order valence-electron chi connectivity index (χ4n) is 3.37. The number of rotatable bonds is 8. The molecule has 0 unspecified atom stereocenters. The summed E-state index contributed by atoms with van der Waals surface area (Å²) in [6.07, 6.45) is 3.49. The second kappa shape index (κ2) is 9.92. The second-order valence-electron chi connectivity index (χ2n) is 6.76. The van der Waals surface area contributed by atoms with E-state index in [1.807, 2.05) is 12.1 Å². The molecule has 2 heterocycles. The van der Waals surface area contributed by atoms with E-state index in [1.165, 1.54) is 4.90 Å². The molecule has 2 aromatic rings. The first-order chi connectivity index (χ1) is 14.1. The summed E-state index contributed by atoms with van der Waals surface area (Å²) < 4.78 is 16.0. The topological polar surface area (TPSA) is 90.2 Å². The largest absolute Gasteiger partial charge is 0.496 e. The molecule has 9 heteroatoms. The van der Waals surface area contributed by atoms with Crippen molar-refractivity contribution in [3.8, 4) is 17.2 Å². The first-order valence-electron chi connectivity index (χ1n) is 9.55. The Labute approximate surface area is 170 Å². The molecule has 9 nitrogen and oxygen atoms in total. The molecule has 3 rings (SSSR count). The van der Waals surface area contributed by atoms with Gasteiger partial charge in [-0.3, -0.25) is 4.79 Å². The predicted octanol–water partition coefficient (Wildman–Crippen LogP) is -0.476. The van der Waals surface area contributed by atoms with Crippen molar-refractivity contribution in [1.82, 2.24) is 15.3 Å². The zero-order chi connectivity index (χ0) is 20.6. The van der Waals surface area contributed by atoms with Crippen molar-refractivity contribution >= 4 is 11.9 Å². The van der Waals surface area contributed by atoms with E-state index >= 15 is 0 Å². The average Bonchev–Trinajstić information content (AvgIpc) is 2.78. The highest BCUT2D eigenvalue weighted by molar-refractivity contribution is 5.77. The smallest absolute Gasteiger partial charge is 0.275 e. The van der Waals surface area contributed by atoms with Gasteiger partial charge in [-0.2, -0.15) is 0 Å². The lowest BCUT2D eigenvalue weighted by Gasteiger charge is -2.31. The van der Waals surface area contributed by atoms with E-state index < -0.39 is 0 Å². The van der Waals surface area contributed by atoms with E-state index in [9.17, 15) is 4.79 Å². The number of quaternary nitrogens is 1. The molecule has 29 heavy (non-hydrogen) atoms. The van der Waals surface area contributed by atoms with Gasteiger partial charge in [0.25, 0.3) is 5.91 Å². The SMILES string of the molecule is COc1cc(OC)c(OC)cc1CNC(=O)C[NH+]1CCN(c2ncccn2)CC1. The minimum Gasteiger partial charge on any atom is -0.496 e. The zero-order valence-electron chi connectivity index (χ0n) is 17.1. The summed E-state index contributed by atoms with van der Waals surface area (Å²) in [7, 11) is 4.74. The molecule has 1 saturated heterocycles. The quantitative estimate of drug-likeness (QED) is 0.617. The molecule has 1 aliphatic rings. The fraction of sp³-hybridized carbons (Fsp3) is 0.450. The molecule has 0 bridgehead atoms. The summed E-state index contributed by atoms with van der Waals surface area (Å²) in [5, 5.41) is 2.98. The van der Waals surface area contributed by atoms with Crippen molar-refractivity contribution in [2.75, 3.05) is 59.0 Å². The van der Waals surface area contributed by atoms with Crippen LogP contribution in [0, 0.1) is 0 Å². The minimum absolute atomic E-state index is 0.00116. The Balaban J connectivity index is 1.50. The van der Waals surface area contributed by atoms with Crippen LogP contribution >= 0.6 is 0 Å². The van der Waals surface area contributed by atoms with E-state index in [0.717, 1.165) is 37.7 Å². The van der Waals surface area contributed by atoms with Crippen LogP contribution in [0.3, 0.4) is 0 Å². The number of methoxy groups -OCH3 is 3. The molecule has 0 spiro atoms. The van der Waals surface area contributed by atoms with Crippen LogP contribution in [-0.2, 0) is 11.3 Å². The minimum atomic E-state index is 0.00116. The van der Waals surface area contributed by atoms with Crippen LogP contribution in [0.4, 0.5) is 5.95 Å². The van der Waals surface area contributed by atoms with Gasteiger partial charge >= 0.3 is 0 Å². The van der Waals surface area contributed by atoms with Crippen LogP contribution in [-0.4, -0.2) is 69.9 Å². The monoisotopic (exact) mass is 402 g/mol. The normalized spacial score (nSPS) is 14.4. The Kier molecular flexibility index (Phi) is 7.07. The molecule has 156 valence electrons. The first kappa shape index (κ1) is 20.7. The van der Waals surface area contributed by atoms with Gasteiger partial charge in [0.1, 0.15) is 5.75 Å². The van der Waals surface area contributed by atoms with Crippen LogP contribution in [0.25, 0.3) is 0 Å². The Bertz CT molecular complexity index is 810. The third kappa shape index (κ3) is 5.26. The summed E-state index contributed by atoms with van der Waals surface area (Å²) in [5.41, 5.74) is 0.833. The third-order valence-electron chi connectivity index (χ3n) is 4.98. The van der Waals surface area contributed by atoms with E-state index in [0.29, 0.717) is 30.3 Å². The third-order valence-corrected chi connectivity index (χ3v) is 4.98. The van der Waals surface area contributed by atoms with Gasteiger partial charge in [0, 0.05) is 30.6 Å². The molecule has 1 aromatic carbocycles. The summed E-state index contributed by atoms with van der Waals surface area (Å²) in [6, 6.07) is 5.39. The van der Waals surface area contributed by atoms with Gasteiger partial charge in [0.15, 0.2) is 18.0 Å². The van der Waals surface area contributed by atoms with Crippen molar-refractivity contribution in [1.29, 1.82) is 0 Å². The maximum absolute atomic E-state index is 12.4. The van der Waals surface area contributed by atoms with E-state index in [-0.39, 0.29) is 5.91 Å². The van der Waals surface area contributed by atoms with Crippen LogP contribution in [0.15, 0.2) is 30.6 Å². The highest BCUT2D eigenvalue weighted by atomic mass is 16.5. The highest BCUT2D eigenvalue weighted by Gasteiger charge is 2.23. The predicted molar refractivity (Wildman–Crippen MR) is 108 cm³/mol. The van der Waals surface area contributed by atoms with Gasteiger partial charge in [-0.15, -0.1) is 0 Å². The lowest BCUT2D eigenvalue weighted by atomic mass is 10.1. The molecule has 0 atom stereocenters. The fourth-order valence-corrected chi connectivity index (χ4v) is 3.37. The van der Waals surface area contributed by atoms with Gasteiger partial charge in [-0.1, -0.05) is 0 Å². The average molecular weight is 402 g/mol. The molecular formula is C20H28N5O4+. The number of aromatic nitrogens is 2. The highest BCUT2D eigenvalue weighted by Crippen LogP contribution is 2.34. The Hall–Kier alpha value is -3.07. The van der Waals surface area contributed by atoms with Crippen LogP contribution in [0.2, 0.25) is 0 Å². The van der Waals surface area contributed by atoms with Gasteiger partial charge < -0.3 is 29.3 Å². The number of nitrogens with one attached hydrogen (secondary N) is 2. The Morgan fingerprint density at radius 2 is 1.66 bits per heavy atom. The second-order valence-corrected chi connectivity index (χ2v) is 6.76. The first-order valence-corrected chi connectivity index (χ1v) is 9.55. The summed E-state index contributed by atoms with van der Waals surface area (Å²) in [6.45, 7) is 4.18. The number of anilines is 1. The van der Waals surface area contributed by atoms with Crippen LogP contribution < -0.4 is 29.3 Å². The number of nitrogens with zero attached hydrogens (tertiary/aromatic N) is 3. The van der Waals surface area contributed by atoms with Gasteiger partial charge in [0.2, 0.25) is 5.95 Å². The number of benzene rings is 1. The molecule has 1 aromatic heterocycles. The standard InChI is InChI=1S/C20H27N5O4/c1-27-16-12-18(29-3)17(28-2)11-15(16)13-23-19(26)14-24-7-9-25(10-8-24)20-21-5-4-6-22-20/h4-6,11-12H,7-10,13-14H2,1-3H3,(H,23,26)/p+1. The number of ether oxygens (including phenoxy) is 3. The maximum atomic E-state index is 12.4. The molecule has 1 fully saturated rings. The lowest BCUT2D eigenvalue weighted by molar-refractivity contribution is -0.892. The van der Waals surface area contributed by atoms with Gasteiger partial charge in [0.05, 0.1) is 47.5 Å². The molecule has 0 radical (unpaired) electrons. The summed E-state index contributed by atoms with van der Waals surface area (Å²) in [5.74, 6) is 2.58. The molecular weight excluding hydrogens is 374 g/mol. The molecule has 1 amide bonds. The van der Waals surface area contributed by atoms with Crippen molar-refractivity contribution in [3.63, 3.8) is 0 Å². The van der Waals surface area contributed by atoms with Crippen LogP contribution in [0.5, 0.6) is 17.2 Å². The van der Waals surface area contributed by atoms with Gasteiger partial charge in [-0.25, -0.2) is 9.97 Å². The number of carbonyl (C=O) groups is 1. The van der Waals surface area contributed by atoms with E-state index in [2.05, 4.69) is 20.2 Å². The van der Waals surface area contributed by atoms with Crippen molar-refractivity contribution in [3.05, 3.63) is 36.2 Å². The number of piperazine rings is 1. The van der Waals surface area contributed by atoms with Crippen molar-refractivity contribution < 1.29 is 23.9 Å². The Morgan fingerprint density at radius 1 is 1.03 bits per heavy atom. The van der Waals surface area contributed by atoms with Crippen molar-refractivity contribution in [2.24, 2.45) is 0 Å². The lowest BCUT2D eigenvalue weighted by Crippen LogP contribution is -3.16. The molecule has 0 saturated carbocycles. The van der Waals surface area contributed by atoms with E-state index in [1.54, 1.807) is 39.8 Å². The Morgan fingerprint density at radius 3 is 2.28 bits per heavy atom. The summed E-state index contributed by atoms with van der Waals surface area (Å²) in [4.78, 5) is 24.4. The molecule has 2 N–H and O–H groups in total. The van der Waals surface area contributed by atoms with Crippen molar-refractivity contribution in [2.45, 2.75) is 6.54 Å². The maximum Gasteiger partial charge on any atom is 0.275 e. The molecule has 1 aliphatic heterocycles. The van der Waals surface area contributed by atoms with Gasteiger partial charge in [-0.05, 0) is 12.1 Å². The number of hydrogen-bond acceptors (Lipinski definition) is 7.